The largest absolute Gasteiger partial charge is 0.484 e. The average molecular weight is 436 g/mol. The lowest BCUT2D eigenvalue weighted by molar-refractivity contribution is -0.137. The molecule has 0 aliphatic heterocycles. The second-order valence-corrected chi connectivity index (χ2v) is 7.18. The van der Waals surface area contributed by atoms with Crippen molar-refractivity contribution in [3.8, 4) is 5.75 Å². The van der Waals surface area contributed by atoms with E-state index in [9.17, 15) is 18.0 Å². The fourth-order valence-corrected chi connectivity index (χ4v) is 2.73. The summed E-state index contributed by atoms with van der Waals surface area (Å²) < 4.78 is 43.7. The number of nitrogens with one attached hydrogen (secondary N) is 1. The van der Waals surface area contributed by atoms with Crippen molar-refractivity contribution in [2.75, 3.05) is 34.8 Å². The van der Waals surface area contributed by atoms with E-state index in [-0.39, 0.29) is 12.5 Å². The molecule has 0 radical (unpaired) electrons. The summed E-state index contributed by atoms with van der Waals surface area (Å²) in [5.41, 5.74) is 0.995. The lowest BCUT2D eigenvalue weighted by Crippen LogP contribution is -2.38. The number of nitrogens with zero attached hydrogens (tertiary/aromatic N) is 3. The van der Waals surface area contributed by atoms with Crippen LogP contribution in [0, 0.1) is 0 Å². The molecule has 1 N–H and O–H groups in total. The minimum atomic E-state index is -4.35. The van der Waals surface area contributed by atoms with Gasteiger partial charge in [0.15, 0.2) is 12.6 Å². The quantitative estimate of drug-likeness (QED) is 0.534. The number of guanidine groups is 1. The van der Waals surface area contributed by atoms with Gasteiger partial charge in [0.2, 0.25) is 0 Å². The number of ether oxygens (including phenoxy) is 1. The molecule has 0 saturated heterocycles. The zero-order valence-electron chi connectivity index (χ0n) is 18.0. The first-order valence-corrected chi connectivity index (χ1v) is 9.60. The SMILES string of the molecule is CN=C(NCc1cccc(OCC(=O)N(C)C)c1)N(C)Cc1ccc(C(F)(F)F)cc1. The monoisotopic (exact) mass is 436 g/mol. The van der Waals surface area contributed by atoms with Crippen molar-refractivity contribution in [2.45, 2.75) is 19.3 Å². The van der Waals surface area contributed by atoms with E-state index in [4.69, 9.17) is 4.74 Å². The Morgan fingerprint density at radius 3 is 2.32 bits per heavy atom. The fourth-order valence-electron chi connectivity index (χ4n) is 2.73. The van der Waals surface area contributed by atoms with Gasteiger partial charge in [0.05, 0.1) is 5.56 Å². The number of benzene rings is 2. The maximum atomic E-state index is 12.7. The number of likely N-dealkylation sites (N-methyl/N-ethyl adjacent to an activating group) is 1. The normalized spacial score (nSPS) is 11.8. The molecular formula is C22H27F3N4O2. The van der Waals surface area contributed by atoms with Crippen LogP contribution in [0.1, 0.15) is 16.7 Å². The highest BCUT2D eigenvalue weighted by atomic mass is 19.4. The molecule has 6 nitrogen and oxygen atoms in total. The molecule has 2 rings (SSSR count). The van der Waals surface area contributed by atoms with Crippen LogP contribution in [-0.2, 0) is 24.1 Å². The first-order valence-electron chi connectivity index (χ1n) is 9.60. The molecule has 0 saturated carbocycles. The van der Waals surface area contributed by atoms with E-state index in [1.807, 2.05) is 23.1 Å². The maximum absolute atomic E-state index is 12.7. The zero-order chi connectivity index (χ0) is 23.0. The van der Waals surface area contributed by atoms with Gasteiger partial charge in [0, 0.05) is 41.3 Å². The molecular weight excluding hydrogens is 409 g/mol. The highest BCUT2D eigenvalue weighted by Crippen LogP contribution is 2.29. The van der Waals surface area contributed by atoms with Gasteiger partial charge in [-0.2, -0.15) is 13.2 Å². The first-order chi connectivity index (χ1) is 14.6. The van der Waals surface area contributed by atoms with Gasteiger partial charge in [-0.25, -0.2) is 0 Å². The predicted octanol–water partition coefficient (Wildman–Crippen LogP) is 3.38. The zero-order valence-corrected chi connectivity index (χ0v) is 18.0. The molecule has 0 aromatic heterocycles. The second-order valence-electron chi connectivity index (χ2n) is 7.18. The van der Waals surface area contributed by atoms with Gasteiger partial charge in [0.25, 0.3) is 5.91 Å². The summed E-state index contributed by atoms with van der Waals surface area (Å²) >= 11 is 0. The van der Waals surface area contributed by atoms with E-state index in [1.165, 1.54) is 17.0 Å². The summed E-state index contributed by atoms with van der Waals surface area (Å²) in [5.74, 6) is 1.05. The lowest BCUT2D eigenvalue weighted by Gasteiger charge is -2.22. The van der Waals surface area contributed by atoms with Gasteiger partial charge in [-0.15, -0.1) is 0 Å². The van der Waals surface area contributed by atoms with Crippen LogP contribution in [0.25, 0.3) is 0 Å². The average Bonchev–Trinajstić information content (AvgIpc) is 2.72. The Morgan fingerprint density at radius 2 is 1.74 bits per heavy atom. The molecule has 0 unspecified atom stereocenters. The molecule has 0 aliphatic rings. The molecule has 0 fully saturated rings. The molecule has 2 aromatic rings. The summed E-state index contributed by atoms with van der Waals surface area (Å²) in [6, 6.07) is 12.4. The third-order valence-corrected chi connectivity index (χ3v) is 4.48. The van der Waals surface area contributed by atoms with E-state index in [1.54, 1.807) is 34.3 Å². The van der Waals surface area contributed by atoms with Crippen LogP contribution >= 0.6 is 0 Å². The molecule has 0 spiro atoms. The first kappa shape index (κ1) is 24.0. The number of hydrogen-bond donors (Lipinski definition) is 1. The fraction of sp³-hybridized carbons (Fsp3) is 0.364. The van der Waals surface area contributed by atoms with Crippen molar-refractivity contribution in [1.29, 1.82) is 0 Å². The van der Waals surface area contributed by atoms with Crippen molar-refractivity contribution < 1.29 is 22.7 Å². The van der Waals surface area contributed by atoms with E-state index in [2.05, 4.69) is 10.3 Å². The lowest BCUT2D eigenvalue weighted by atomic mass is 10.1. The third kappa shape index (κ3) is 7.51. The van der Waals surface area contributed by atoms with Crippen molar-refractivity contribution in [3.63, 3.8) is 0 Å². The van der Waals surface area contributed by atoms with Gasteiger partial charge in [-0.3, -0.25) is 9.79 Å². The van der Waals surface area contributed by atoms with Gasteiger partial charge in [-0.1, -0.05) is 24.3 Å². The number of rotatable bonds is 7. The van der Waals surface area contributed by atoms with Crippen LogP contribution in [0.3, 0.4) is 0 Å². The van der Waals surface area contributed by atoms with Crippen LogP contribution in [0.5, 0.6) is 5.75 Å². The second kappa shape index (κ2) is 10.7. The smallest absolute Gasteiger partial charge is 0.416 e. The Kier molecular flexibility index (Phi) is 8.30. The topological polar surface area (TPSA) is 57.2 Å². The van der Waals surface area contributed by atoms with Crippen LogP contribution in [0.4, 0.5) is 13.2 Å². The number of aliphatic imine (C=N–C) groups is 1. The Bertz CT molecular complexity index is 896. The number of hydrogen-bond acceptors (Lipinski definition) is 3. The van der Waals surface area contributed by atoms with E-state index < -0.39 is 11.7 Å². The highest BCUT2D eigenvalue weighted by Gasteiger charge is 2.29. The van der Waals surface area contributed by atoms with E-state index in [0.717, 1.165) is 23.3 Å². The number of halogens is 3. The van der Waals surface area contributed by atoms with Crippen molar-refractivity contribution >= 4 is 11.9 Å². The standard InChI is InChI=1S/C22H27F3N4O2/c1-26-21(29(4)14-16-8-10-18(11-9-16)22(23,24)25)27-13-17-6-5-7-19(12-17)31-15-20(30)28(2)3/h5-12H,13-15H2,1-4H3,(H,26,27). The molecule has 9 heteroatoms. The van der Waals surface area contributed by atoms with Crippen LogP contribution in [-0.4, -0.2) is 56.5 Å². The van der Waals surface area contributed by atoms with Crippen LogP contribution in [0.2, 0.25) is 0 Å². The van der Waals surface area contributed by atoms with Gasteiger partial charge in [0.1, 0.15) is 5.75 Å². The summed E-state index contributed by atoms with van der Waals surface area (Å²) in [6.45, 7) is 0.817. The summed E-state index contributed by atoms with van der Waals surface area (Å²) in [7, 11) is 6.77. The molecule has 1 amide bonds. The van der Waals surface area contributed by atoms with Crippen molar-refractivity contribution in [2.24, 2.45) is 4.99 Å². The number of carbonyl (C=O) groups is 1. The number of alkyl halides is 3. The summed E-state index contributed by atoms with van der Waals surface area (Å²) in [4.78, 5) is 19.2. The Morgan fingerprint density at radius 1 is 1.06 bits per heavy atom. The highest BCUT2D eigenvalue weighted by molar-refractivity contribution is 5.79. The Hall–Kier alpha value is -3.23. The molecule has 0 bridgehead atoms. The van der Waals surface area contributed by atoms with Gasteiger partial charge >= 0.3 is 6.18 Å². The van der Waals surface area contributed by atoms with Crippen LogP contribution in [0.15, 0.2) is 53.5 Å². The Balaban J connectivity index is 1.93. The predicted molar refractivity (Wildman–Crippen MR) is 114 cm³/mol. The maximum Gasteiger partial charge on any atom is 0.416 e. The molecule has 0 heterocycles. The third-order valence-electron chi connectivity index (χ3n) is 4.48. The minimum absolute atomic E-state index is 0.0403. The van der Waals surface area contributed by atoms with Gasteiger partial charge in [-0.05, 0) is 35.4 Å². The molecule has 0 aliphatic carbocycles. The van der Waals surface area contributed by atoms with Gasteiger partial charge < -0.3 is 19.9 Å². The van der Waals surface area contributed by atoms with Crippen molar-refractivity contribution in [3.05, 3.63) is 65.2 Å². The summed E-state index contributed by atoms with van der Waals surface area (Å²) in [5, 5.41) is 3.22. The van der Waals surface area contributed by atoms with E-state index >= 15 is 0 Å². The number of carbonyl (C=O) groups excluding carboxylic acids is 1. The number of amides is 1. The minimum Gasteiger partial charge on any atom is -0.484 e. The summed E-state index contributed by atoms with van der Waals surface area (Å²) in [6.07, 6.45) is -4.35. The molecule has 168 valence electrons. The van der Waals surface area contributed by atoms with E-state index in [0.29, 0.717) is 24.8 Å². The van der Waals surface area contributed by atoms with Crippen molar-refractivity contribution in [1.82, 2.24) is 15.1 Å². The Labute approximate surface area is 180 Å². The molecule has 31 heavy (non-hydrogen) atoms. The van der Waals surface area contributed by atoms with Crippen LogP contribution < -0.4 is 10.1 Å². The molecule has 2 aromatic carbocycles. The molecule has 0 atom stereocenters.